The van der Waals surface area contributed by atoms with E-state index >= 15 is 0 Å². The summed E-state index contributed by atoms with van der Waals surface area (Å²) in [5, 5.41) is 2.72. The first-order valence-corrected chi connectivity index (χ1v) is 11.4. The SMILES string of the molecule is Cc1ccc(S(=O)(=O)N(CC(=O)Nc2ccc(F)c(Cl)c2)c2cc(Cl)ccc2C)cc1. The fraction of sp³-hybridized carbons (Fsp3) is 0.136. The molecule has 0 bridgehead atoms. The average Bonchev–Trinajstić information content (AvgIpc) is 2.71. The molecule has 3 rings (SSSR count). The van der Waals surface area contributed by atoms with Gasteiger partial charge in [0, 0.05) is 10.7 Å². The van der Waals surface area contributed by atoms with Crippen LogP contribution in [0.2, 0.25) is 10.0 Å². The van der Waals surface area contributed by atoms with Crippen molar-refractivity contribution in [2.45, 2.75) is 18.7 Å². The van der Waals surface area contributed by atoms with Crippen molar-refractivity contribution in [3.63, 3.8) is 0 Å². The molecule has 3 aromatic rings. The van der Waals surface area contributed by atoms with Gasteiger partial charge in [-0.05, 0) is 61.9 Å². The number of hydrogen-bond acceptors (Lipinski definition) is 3. The maximum atomic E-state index is 13.4. The molecular formula is C22H19Cl2FN2O3S. The Hall–Kier alpha value is -2.61. The molecule has 0 fully saturated rings. The van der Waals surface area contributed by atoms with Gasteiger partial charge in [0.1, 0.15) is 12.4 Å². The molecule has 0 heterocycles. The molecule has 3 aromatic carbocycles. The van der Waals surface area contributed by atoms with E-state index in [9.17, 15) is 17.6 Å². The number of amides is 1. The van der Waals surface area contributed by atoms with E-state index in [1.54, 1.807) is 31.2 Å². The van der Waals surface area contributed by atoms with E-state index < -0.39 is 28.3 Å². The molecule has 0 saturated carbocycles. The first-order chi connectivity index (χ1) is 14.6. The molecule has 0 saturated heterocycles. The molecule has 0 atom stereocenters. The van der Waals surface area contributed by atoms with Gasteiger partial charge in [-0.3, -0.25) is 9.10 Å². The third-order valence-electron chi connectivity index (χ3n) is 4.54. The van der Waals surface area contributed by atoms with Crippen LogP contribution >= 0.6 is 23.2 Å². The van der Waals surface area contributed by atoms with Gasteiger partial charge in [0.15, 0.2) is 0 Å². The second kappa shape index (κ2) is 9.26. The number of carbonyl (C=O) groups is 1. The number of halogens is 3. The van der Waals surface area contributed by atoms with E-state index in [-0.39, 0.29) is 21.3 Å². The minimum absolute atomic E-state index is 0.0371. The van der Waals surface area contributed by atoms with Crippen LogP contribution in [0.1, 0.15) is 11.1 Å². The number of nitrogens with one attached hydrogen (secondary N) is 1. The van der Waals surface area contributed by atoms with Crippen molar-refractivity contribution < 1.29 is 17.6 Å². The first kappa shape index (κ1) is 23.1. The Labute approximate surface area is 190 Å². The number of anilines is 2. The van der Waals surface area contributed by atoms with Crippen LogP contribution < -0.4 is 9.62 Å². The molecule has 1 amide bonds. The molecule has 0 aliphatic heterocycles. The summed E-state index contributed by atoms with van der Waals surface area (Å²) >= 11 is 11.9. The lowest BCUT2D eigenvalue weighted by Gasteiger charge is -2.26. The maximum absolute atomic E-state index is 13.4. The van der Waals surface area contributed by atoms with E-state index in [1.807, 2.05) is 6.92 Å². The number of aryl methyl sites for hydroxylation is 2. The fourth-order valence-electron chi connectivity index (χ4n) is 2.89. The molecule has 0 spiro atoms. The highest BCUT2D eigenvalue weighted by Crippen LogP contribution is 2.30. The average molecular weight is 481 g/mol. The van der Waals surface area contributed by atoms with Gasteiger partial charge < -0.3 is 5.32 Å². The summed E-state index contributed by atoms with van der Waals surface area (Å²) in [6.07, 6.45) is 0. The number of rotatable bonds is 6. The van der Waals surface area contributed by atoms with Crippen LogP contribution in [0, 0.1) is 19.7 Å². The highest BCUT2D eigenvalue weighted by atomic mass is 35.5. The zero-order chi connectivity index (χ0) is 22.8. The van der Waals surface area contributed by atoms with Crippen molar-refractivity contribution >= 4 is 50.5 Å². The third-order valence-corrected chi connectivity index (χ3v) is 6.84. The molecular weight excluding hydrogens is 462 g/mol. The van der Waals surface area contributed by atoms with Gasteiger partial charge in [-0.15, -0.1) is 0 Å². The normalized spacial score (nSPS) is 11.3. The highest BCUT2D eigenvalue weighted by Gasteiger charge is 2.28. The van der Waals surface area contributed by atoms with Gasteiger partial charge in [0.05, 0.1) is 15.6 Å². The summed E-state index contributed by atoms with van der Waals surface area (Å²) in [7, 11) is -4.08. The van der Waals surface area contributed by atoms with Crippen LogP contribution in [-0.2, 0) is 14.8 Å². The van der Waals surface area contributed by atoms with Crippen molar-refractivity contribution in [3.05, 3.63) is 87.7 Å². The minimum atomic E-state index is -4.08. The Kier molecular flexibility index (Phi) is 6.89. The van der Waals surface area contributed by atoms with Crippen molar-refractivity contribution in [1.82, 2.24) is 0 Å². The molecule has 31 heavy (non-hydrogen) atoms. The zero-order valence-electron chi connectivity index (χ0n) is 16.7. The number of nitrogens with zero attached hydrogens (tertiary/aromatic N) is 1. The van der Waals surface area contributed by atoms with Crippen LogP contribution in [-0.4, -0.2) is 20.9 Å². The molecule has 5 nitrogen and oxygen atoms in total. The monoisotopic (exact) mass is 480 g/mol. The van der Waals surface area contributed by atoms with E-state index in [4.69, 9.17) is 23.2 Å². The first-order valence-electron chi connectivity index (χ1n) is 9.18. The molecule has 0 aromatic heterocycles. The summed E-state index contributed by atoms with van der Waals surface area (Å²) in [6.45, 7) is 3.05. The van der Waals surface area contributed by atoms with Gasteiger partial charge in [-0.25, -0.2) is 12.8 Å². The summed E-state index contributed by atoms with van der Waals surface area (Å²) in [6, 6.07) is 14.8. The zero-order valence-corrected chi connectivity index (χ0v) is 19.0. The Morgan fingerprint density at radius 2 is 1.68 bits per heavy atom. The van der Waals surface area contributed by atoms with Crippen LogP contribution in [0.3, 0.4) is 0 Å². The molecule has 9 heteroatoms. The smallest absolute Gasteiger partial charge is 0.264 e. The standard InChI is InChI=1S/C22H19Cl2FN2O3S/c1-14-3-8-18(9-4-14)31(29,30)27(21-11-16(23)6-5-15(21)2)13-22(28)26-17-7-10-20(25)19(24)12-17/h3-12H,13H2,1-2H3,(H,26,28). The van der Waals surface area contributed by atoms with Crippen molar-refractivity contribution in [1.29, 1.82) is 0 Å². The van der Waals surface area contributed by atoms with Gasteiger partial charge in [0.2, 0.25) is 5.91 Å². The van der Waals surface area contributed by atoms with E-state index in [1.165, 1.54) is 30.3 Å². The van der Waals surface area contributed by atoms with Crippen LogP contribution in [0.4, 0.5) is 15.8 Å². The molecule has 162 valence electrons. The highest BCUT2D eigenvalue weighted by molar-refractivity contribution is 7.92. The van der Waals surface area contributed by atoms with Gasteiger partial charge in [-0.1, -0.05) is 47.0 Å². The molecule has 0 aliphatic carbocycles. The summed E-state index contributed by atoms with van der Waals surface area (Å²) in [5.41, 5.74) is 2.04. The van der Waals surface area contributed by atoms with E-state index in [0.29, 0.717) is 10.6 Å². The largest absolute Gasteiger partial charge is 0.324 e. The number of hydrogen-bond donors (Lipinski definition) is 1. The number of carbonyl (C=O) groups excluding carboxylic acids is 1. The lowest BCUT2D eigenvalue weighted by Crippen LogP contribution is -2.38. The van der Waals surface area contributed by atoms with Gasteiger partial charge in [-0.2, -0.15) is 0 Å². The topological polar surface area (TPSA) is 66.5 Å². The molecule has 1 N–H and O–H groups in total. The molecule has 0 unspecified atom stereocenters. The van der Waals surface area contributed by atoms with Crippen LogP contribution in [0.15, 0.2) is 65.6 Å². The van der Waals surface area contributed by atoms with Crippen molar-refractivity contribution in [2.24, 2.45) is 0 Å². The minimum Gasteiger partial charge on any atom is -0.324 e. The lowest BCUT2D eigenvalue weighted by atomic mass is 10.2. The predicted molar refractivity (Wildman–Crippen MR) is 122 cm³/mol. The van der Waals surface area contributed by atoms with E-state index in [2.05, 4.69) is 5.32 Å². The van der Waals surface area contributed by atoms with E-state index in [0.717, 1.165) is 15.9 Å². The van der Waals surface area contributed by atoms with Gasteiger partial charge >= 0.3 is 0 Å². The van der Waals surface area contributed by atoms with Gasteiger partial charge in [0.25, 0.3) is 10.0 Å². The molecule has 0 aliphatic rings. The Balaban J connectivity index is 1.99. The Bertz CT molecular complexity index is 1230. The third kappa shape index (κ3) is 5.36. The summed E-state index contributed by atoms with van der Waals surface area (Å²) in [5.74, 6) is -1.25. The number of sulfonamides is 1. The Morgan fingerprint density at radius 3 is 2.32 bits per heavy atom. The number of benzene rings is 3. The summed E-state index contributed by atoms with van der Waals surface area (Å²) in [4.78, 5) is 12.8. The lowest BCUT2D eigenvalue weighted by molar-refractivity contribution is -0.114. The predicted octanol–water partition coefficient (Wildman–Crippen LogP) is 5.58. The summed E-state index contributed by atoms with van der Waals surface area (Å²) < 4.78 is 41.2. The second-order valence-electron chi connectivity index (χ2n) is 6.93. The fourth-order valence-corrected chi connectivity index (χ4v) is 4.72. The van der Waals surface area contributed by atoms with Crippen molar-refractivity contribution in [2.75, 3.05) is 16.2 Å². The Morgan fingerprint density at radius 1 is 1.00 bits per heavy atom. The maximum Gasteiger partial charge on any atom is 0.264 e. The van der Waals surface area contributed by atoms with Crippen LogP contribution in [0.5, 0.6) is 0 Å². The molecule has 0 radical (unpaired) electrons. The van der Waals surface area contributed by atoms with Crippen LogP contribution in [0.25, 0.3) is 0 Å². The van der Waals surface area contributed by atoms with Crippen molar-refractivity contribution in [3.8, 4) is 0 Å². The second-order valence-corrected chi connectivity index (χ2v) is 9.64. The quantitative estimate of drug-likeness (QED) is 0.500.